The van der Waals surface area contributed by atoms with Gasteiger partial charge in [0.1, 0.15) is 0 Å². The summed E-state index contributed by atoms with van der Waals surface area (Å²) in [6.07, 6.45) is 0. The molecule has 62 heavy (non-hydrogen) atoms. The van der Waals surface area contributed by atoms with Crippen molar-refractivity contribution in [2.24, 2.45) is 0 Å². The van der Waals surface area contributed by atoms with Crippen molar-refractivity contribution < 1.29 is 0 Å². The molecule has 0 unspecified atom stereocenters. The van der Waals surface area contributed by atoms with Gasteiger partial charge < -0.3 is 0 Å². The highest BCUT2D eigenvalue weighted by atomic mass is 32.1. The summed E-state index contributed by atoms with van der Waals surface area (Å²) >= 11 is 3.74. The molecule has 2 heteroatoms. The maximum Gasteiger partial charge on any atom is 0.0355 e. The third-order valence-electron chi connectivity index (χ3n) is 12.8. The standard InChI is InChI=1S/C60H36S2/c1-2-18-45-37(12-1)13-11-23-46(45)42-26-29-51-54(36-42)60(44-17-10-15-39(33-44)41-28-31-58-53(35-41)48-20-6-8-25-56(48)62-58)50-22-4-3-21-49(50)59(51)43-16-9-14-38(32-43)40-27-30-57-52(34-40)47-19-5-7-24-55(47)61-57/h1-36H. The van der Waals surface area contributed by atoms with Crippen LogP contribution < -0.4 is 0 Å². The van der Waals surface area contributed by atoms with Crippen molar-refractivity contribution >= 4 is 95.3 Å². The summed E-state index contributed by atoms with van der Waals surface area (Å²) in [6, 6.07) is 81.5. The molecule has 0 bridgehead atoms. The molecule has 0 aliphatic heterocycles. The molecule has 0 nitrogen and oxygen atoms in total. The van der Waals surface area contributed by atoms with Gasteiger partial charge in [0.15, 0.2) is 0 Å². The first-order valence-electron chi connectivity index (χ1n) is 21.2. The summed E-state index contributed by atoms with van der Waals surface area (Å²) in [5, 5.41) is 12.8. The van der Waals surface area contributed by atoms with Gasteiger partial charge in [-0.05, 0) is 143 Å². The van der Waals surface area contributed by atoms with Gasteiger partial charge in [-0.1, -0.05) is 164 Å². The predicted molar refractivity (Wildman–Crippen MR) is 272 cm³/mol. The van der Waals surface area contributed by atoms with Crippen LogP contribution >= 0.6 is 22.7 Å². The van der Waals surface area contributed by atoms with Crippen LogP contribution in [0.15, 0.2) is 218 Å². The fourth-order valence-electron chi connectivity index (χ4n) is 9.96. The molecule has 0 N–H and O–H groups in total. The van der Waals surface area contributed by atoms with E-state index in [0.29, 0.717) is 0 Å². The second-order valence-electron chi connectivity index (χ2n) is 16.4. The van der Waals surface area contributed by atoms with Crippen molar-refractivity contribution in [3.05, 3.63) is 218 Å². The van der Waals surface area contributed by atoms with Crippen molar-refractivity contribution in [3.8, 4) is 55.6 Å². The lowest BCUT2D eigenvalue weighted by Gasteiger charge is -2.20. The van der Waals surface area contributed by atoms with Gasteiger partial charge in [0.2, 0.25) is 0 Å². The lowest BCUT2D eigenvalue weighted by molar-refractivity contribution is 1.62. The molecule has 0 aliphatic rings. The Labute approximate surface area is 367 Å². The molecule has 2 aromatic heterocycles. The first kappa shape index (κ1) is 35.4. The summed E-state index contributed by atoms with van der Waals surface area (Å²) in [6.45, 7) is 0. The normalized spacial score (nSPS) is 11.9. The topological polar surface area (TPSA) is 0 Å². The number of thiophene rings is 2. The SMILES string of the molecule is c1cc(-c2ccc3sc4ccccc4c3c2)cc(-c2c3ccccc3c(-c3cccc(-c4ccc5sc6ccccc6c5c4)c3)c3cc(-c4cccc5ccccc45)ccc23)c1. The van der Waals surface area contributed by atoms with Crippen molar-refractivity contribution in [3.63, 3.8) is 0 Å². The highest BCUT2D eigenvalue weighted by Gasteiger charge is 2.19. The van der Waals surface area contributed by atoms with Crippen LogP contribution in [0.1, 0.15) is 0 Å². The van der Waals surface area contributed by atoms with E-state index in [9.17, 15) is 0 Å². The zero-order valence-corrected chi connectivity index (χ0v) is 35.2. The summed E-state index contributed by atoms with van der Waals surface area (Å²) in [5.41, 5.74) is 12.3. The van der Waals surface area contributed by atoms with Crippen LogP contribution in [0.5, 0.6) is 0 Å². The Hall–Kier alpha value is -7.36. The van der Waals surface area contributed by atoms with Gasteiger partial charge in [-0.2, -0.15) is 0 Å². The third-order valence-corrected chi connectivity index (χ3v) is 15.2. The molecule has 0 spiro atoms. The predicted octanol–water partition coefficient (Wildman–Crippen LogP) is 18.2. The van der Waals surface area contributed by atoms with Gasteiger partial charge >= 0.3 is 0 Å². The second kappa shape index (κ2) is 14.1. The van der Waals surface area contributed by atoms with Crippen molar-refractivity contribution in [2.45, 2.75) is 0 Å². The van der Waals surface area contributed by atoms with E-state index in [2.05, 4.69) is 218 Å². The van der Waals surface area contributed by atoms with Crippen LogP contribution in [0.4, 0.5) is 0 Å². The highest BCUT2D eigenvalue weighted by molar-refractivity contribution is 7.26. The van der Waals surface area contributed by atoms with E-state index in [1.54, 1.807) is 0 Å². The van der Waals surface area contributed by atoms with Crippen LogP contribution in [-0.2, 0) is 0 Å². The molecule has 13 rings (SSSR count). The van der Waals surface area contributed by atoms with E-state index in [0.717, 1.165) is 0 Å². The Morgan fingerprint density at radius 2 is 0.613 bits per heavy atom. The summed E-state index contributed by atoms with van der Waals surface area (Å²) in [5.74, 6) is 0. The Bertz CT molecular complexity index is 3930. The van der Waals surface area contributed by atoms with Gasteiger partial charge in [-0.3, -0.25) is 0 Å². The smallest absolute Gasteiger partial charge is 0.0355 e. The molecule has 13 aromatic rings. The minimum Gasteiger partial charge on any atom is -0.135 e. The first-order valence-corrected chi connectivity index (χ1v) is 22.9. The van der Waals surface area contributed by atoms with E-state index < -0.39 is 0 Å². The summed E-state index contributed by atoms with van der Waals surface area (Å²) < 4.78 is 5.31. The van der Waals surface area contributed by atoms with Crippen molar-refractivity contribution in [2.75, 3.05) is 0 Å². The third kappa shape index (κ3) is 5.65. The number of hydrogen-bond acceptors (Lipinski definition) is 2. The van der Waals surface area contributed by atoms with E-state index >= 15 is 0 Å². The monoisotopic (exact) mass is 820 g/mol. The van der Waals surface area contributed by atoms with Crippen LogP contribution in [0.25, 0.3) is 128 Å². The van der Waals surface area contributed by atoms with E-state index in [4.69, 9.17) is 0 Å². The lowest BCUT2D eigenvalue weighted by Crippen LogP contribution is -1.93. The molecule has 0 saturated carbocycles. The Morgan fingerprint density at radius 3 is 1.23 bits per heavy atom. The Kier molecular flexibility index (Phi) is 8.06. The van der Waals surface area contributed by atoms with Crippen molar-refractivity contribution in [1.29, 1.82) is 0 Å². The molecule has 11 aromatic carbocycles. The quantitative estimate of drug-likeness (QED) is 0.152. The van der Waals surface area contributed by atoms with E-state index in [1.165, 1.54) is 128 Å². The molecule has 0 amide bonds. The van der Waals surface area contributed by atoms with Gasteiger partial charge in [-0.15, -0.1) is 22.7 Å². The minimum absolute atomic E-state index is 1.21. The molecule has 2 heterocycles. The van der Waals surface area contributed by atoms with E-state index in [1.807, 2.05) is 22.7 Å². The molecule has 0 atom stereocenters. The van der Waals surface area contributed by atoms with Gasteiger partial charge in [0, 0.05) is 40.3 Å². The number of benzene rings is 11. The van der Waals surface area contributed by atoms with Gasteiger partial charge in [0.25, 0.3) is 0 Å². The number of rotatable bonds is 5. The summed E-state index contributed by atoms with van der Waals surface area (Å²) in [4.78, 5) is 0. The van der Waals surface area contributed by atoms with Crippen LogP contribution in [0.2, 0.25) is 0 Å². The van der Waals surface area contributed by atoms with Gasteiger partial charge in [0.05, 0.1) is 0 Å². The maximum atomic E-state index is 2.46. The molecule has 288 valence electrons. The molecular weight excluding hydrogens is 785 g/mol. The Balaban J connectivity index is 1.05. The average molecular weight is 821 g/mol. The summed E-state index contributed by atoms with van der Waals surface area (Å²) in [7, 11) is 0. The highest BCUT2D eigenvalue weighted by Crippen LogP contribution is 2.47. The molecule has 0 aliphatic carbocycles. The van der Waals surface area contributed by atoms with Crippen LogP contribution in [-0.4, -0.2) is 0 Å². The largest absolute Gasteiger partial charge is 0.135 e. The lowest BCUT2D eigenvalue weighted by atomic mass is 9.83. The molecular formula is C60H36S2. The minimum atomic E-state index is 1.21. The second-order valence-corrected chi connectivity index (χ2v) is 18.5. The first-order chi connectivity index (χ1) is 30.7. The number of hydrogen-bond donors (Lipinski definition) is 0. The Morgan fingerprint density at radius 1 is 0.210 bits per heavy atom. The van der Waals surface area contributed by atoms with E-state index in [-0.39, 0.29) is 0 Å². The molecule has 0 fully saturated rings. The molecule has 0 saturated heterocycles. The van der Waals surface area contributed by atoms with Crippen LogP contribution in [0, 0.1) is 0 Å². The maximum absolute atomic E-state index is 2.46. The number of fused-ring (bicyclic) bond motifs is 9. The zero-order chi connectivity index (χ0) is 40.7. The van der Waals surface area contributed by atoms with Gasteiger partial charge in [-0.25, -0.2) is 0 Å². The molecule has 0 radical (unpaired) electrons. The zero-order valence-electron chi connectivity index (χ0n) is 33.6. The van der Waals surface area contributed by atoms with Crippen molar-refractivity contribution in [1.82, 2.24) is 0 Å². The fourth-order valence-corrected chi connectivity index (χ4v) is 12.1. The fraction of sp³-hybridized carbons (Fsp3) is 0. The van der Waals surface area contributed by atoms with Crippen LogP contribution in [0.3, 0.4) is 0 Å². The average Bonchev–Trinajstić information content (AvgIpc) is 3.91.